The van der Waals surface area contributed by atoms with Gasteiger partial charge in [0.1, 0.15) is 0 Å². The molecule has 1 heteroatoms. The third-order valence-electron chi connectivity index (χ3n) is 4.43. The maximum Gasteiger partial charge on any atom is 0.0698 e. The summed E-state index contributed by atoms with van der Waals surface area (Å²) in [7, 11) is 0. The predicted molar refractivity (Wildman–Crippen MR) is 61.3 cm³/mol. The molecule has 1 rings (SSSR count). The second-order valence-corrected chi connectivity index (χ2v) is 5.76. The minimum atomic E-state index is -0.458. The van der Waals surface area contributed by atoms with Gasteiger partial charge in [0.25, 0.3) is 0 Å². The Bertz CT molecular complexity index is 182. The van der Waals surface area contributed by atoms with Crippen LogP contribution in [0.15, 0.2) is 0 Å². The lowest BCUT2D eigenvalue weighted by molar-refractivity contribution is -0.126. The second kappa shape index (κ2) is 4.22. The van der Waals surface area contributed by atoms with Crippen molar-refractivity contribution in [1.29, 1.82) is 0 Å². The van der Waals surface area contributed by atoms with E-state index in [0.29, 0.717) is 5.92 Å². The minimum absolute atomic E-state index is 0.101. The van der Waals surface area contributed by atoms with Crippen LogP contribution in [0.4, 0.5) is 0 Å². The summed E-state index contributed by atoms with van der Waals surface area (Å²) in [6.07, 6.45) is 7.38. The lowest BCUT2D eigenvalue weighted by atomic mass is 9.60. The summed E-state index contributed by atoms with van der Waals surface area (Å²) in [5.74, 6) is 0.520. The van der Waals surface area contributed by atoms with Gasteiger partial charge in [0.2, 0.25) is 0 Å². The van der Waals surface area contributed by atoms with Crippen LogP contribution in [-0.4, -0.2) is 10.7 Å². The van der Waals surface area contributed by atoms with Crippen LogP contribution in [0.2, 0.25) is 0 Å². The fraction of sp³-hybridized carbons (Fsp3) is 1.00. The largest absolute Gasteiger partial charge is 0.389 e. The summed E-state index contributed by atoms with van der Waals surface area (Å²) in [5.41, 5.74) is -0.357. The van der Waals surface area contributed by atoms with E-state index in [4.69, 9.17) is 0 Å². The van der Waals surface area contributed by atoms with Crippen molar-refractivity contribution in [2.45, 2.75) is 71.8 Å². The van der Waals surface area contributed by atoms with Crippen LogP contribution in [0.25, 0.3) is 0 Å². The summed E-state index contributed by atoms with van der Waals surface area (Å²) < 4.78 is 0. The van der Waals surface area contributed by atoms with Crippen LogP contribution in [0, 0.1) is 11.3 Å². The highest BCUT2D eigenvalue weighted by atomic mass is 16.3. The molecule has 0 radical (unpaired) electrons. The first-order chi connectivity index (χ1) is 6.42. The molecular weight excluding hydrogens is 172 g/mol. The first kappa shape index (κ1) is 12.0. The maximum absolute atomic E-state index is 10.6. The zero-order valence-electron chi connectivity index (χ0n) is 10.3. The Labute approximate surface area is 88.9 Å². The Morgan fingerprint density at radius 2 is 1.93 bits per heavy atom. The first-order valence-corrected chi connectivity index (χ1v) is 6.14. The molecule has 0 aromatic heterocycles. The van der Waals surface area contributed by atoms with Crippen molar-refractivity contribution >= 4 is 0 Å². The zero-order valence-corrected chi connectivity index (χ0v) is 10.3. The fourth-order valence-corrected chi connectivity index (χ4v) is 2.75. The van der Waals surface area contributed by atoms with E-state index in [9.17, 15) is 5.11 Å². The van der Waals surface area contributed by atoms with E-state index >= 15 is 0 Å². The van der Waals surface area contributed by atoms with Crippen molar-refractivity contribution in [3.8, 4) is 0 Å². The van der Waals surface area contributed by atoms with E-state index in [-0.39, 0.29) is 5.41 Å². The monoisotopic (exact) mass is 198 g/mol. The number of hydrogen-bond donors (Lipinski definition) is 1. The molecule has 1 saturated carbocycles. The van der Waals surface area contributed by atoms with Crippen LogP contribution in [-0.2, 0) is 0 Å². The van der Waals surface area contributed by atoms with Crippen LogP contribution in [0.1, 0.15) is 66.2 Å². The molecular formula is C13H26O. The molecule has 1 nitrogen and oxygen atoms in total. The van der Waals surface area contributed by atoms with Gasteiger partial charge in [-0.15, -0.1) is 0 Å². The third-order valence-corrected chi connectivity index (χ3v) is 4.43. The van der Waals surface area contributed by atoms with Gasteiger partial charge >= 0.3 is 0 Å². The smallest absolute Gasteiger partial charge is 0.0698 e. The highest BCUT2D eigenvalue weighted by Crippen LogP contribution is 2.48. The Balaban J connectivity index is 2.66. The van der Waals surface area contributed by atoms with Gasteiger partial charge in [-0.1, -0.05) is 40.0 Å². The molecule has 0 aliphatic heterocycles. The highest BCUT2D eigenvalue weighted by molar-refractivity contribution is 4.98. The molecule has 1 aliphatic carbocycles. The number of unbranched alkanes of at least 4 members (excludes halogenated alkanes) is 1. The Morgan fingerprint density at radius 3 is 2.50 bits per heavy atom. The molecule has 14 heavy (non-hydrogen) atoms. The van der Waals surface area contributed by atoms with E-state index in [1.54, 1.807) is 0 Å². The van der Waals surface area contributed by atoms with Crippen molar-refractivity contribution in [3.05, 3.63) is 0 Å². The average Bonchev–Trinajstić information content (AvgIpc) is 2.08. The van der Waals surface area contributed by atoms with Crippen LogP contribution >= 0.6 is 0 Å². The molecule has 2 unspecified atom stereocenters. The predicted octanol–water partition coefficient (Wildman–Crippen LogP) is 3.75. The lowest BCUT2D eigenvalue weighted by Crippen LogP contribution is -2.50. The van der Waals surface area contributed by atoms with Gasteiger partial charge in [0.15, 0.2) is 0 Å². The van der Waals surface area contributed by atoms with Gasteiger partial charge in [-0.3, -0.25) is 0 Å². The molecule has 0 spiro atoms. The zero-order chi connectivity index (χ0) is 10.8. The van der Waals surface area contributed by atoms with Crippen molar-refractivity contribution in [3.63, 3.8) is 0 Å². The van der Waals surface area contributed by atoms with Gasteiger partial charge in [-0.05, 0) is 37.5 Å². The molecule has 0 saturated heterocycles. The number of aliphatic hydroxyl groups is 1. The number of rotatable bonds is 3. The topological polar surface area (TPSA) is 20.2 Å². The van der Waals surface area contributed by atoms with Crippen LogP contribution < -0.4 is 0 Å². The fourth-order valence-electron chi connectivity index (χ4n) is 2.75. The van der Waals surface area contributed by atoms with Gasteiger partial charge in [-0.25, -0.2) is 0 Å². The maximum atomic E-state index is 10.6. The summed E-state index contributed by atoms with van der Waals surface area (Å²) >= 11 is 0. The molecule has 0 aromatic rings. The normalized spacial score (nSPS) is 37.1. The van der Waals surface area contributed by atoms with Crippen molar-refractivity contribution in [1.82, 2.24) is 0 Å². The molecule has 2 atom stereocenters. The molecule has 0 heterocycles. The molecule has 0 amide bonds. The molecule has 1 fully saturated rings. The average molecular weight is 198 g/mol. The van der Waals surface area contributed by atoms with Crippen molar-refractivity contribution in [2.75, 3.05) is 0 Å². The molecule has 84 valence electrons. The van der Waals surface area contributed by atoms with Gasteiger partial charge in [0, 0.05) is 0 Å². The molecule has 1 aliphatic rings. The van der Waals surface area contributed by atoms with Gasteiger partial charge in [-0.2, -0.15) is 0 Å². The first-order valence-electron chi connectivity index (χ1n) is 6.14. The molecule has 0 bridgehead atoms. The van der Waals surface area contributed by atoms with E-state index in [1.807, 2.05) is 6.92 Å². The van der Waals surface area contributed by atoms with Crippen LogP contribution in [0.5, 0.6) is 0 Å². The van der Waals surface area contributed by atoms with Gasteiger partial charge < -0.3 is 5.11 Å². The second-order valence-electron chi connectivity index (χ2n) is 5.76. The summed E-state index contributed by atoms with van der Waals surface area (Å²) in [4.78, 5) is 0. The van der Waals surface area contributed by atoms with E-state index < -0.39 is 5.60 Å². The summed E-state index contributed by atoms with van der Waals surface area (Å²) in [6.45, 7) is 8.70. The SMILES string of the molecule is CCCCC1CCCC(C)(C)C1(C)O. The molecule has 0 aromatic carbocycles. The van der Waals surface area contributed by atoms with Crippen LogP contribution in [0.3, 0.4) is 0 Å². The summed E-state index contributed by atoms with van der Waals surface area (Å²) in [6, 6.07) is 0. The van der Waals surface area contributed by atoms with E-state index in [2.05, 4.69) is 20.8 Å². The summed E-state index contributed by atoms with van der Waals surface area (Å²) in [5, 5.41) is 10.6. The highest BCUT2D eigenvalue weighted by Gasteiger charge is 2.47. The van der Waals surface area contributed by atoms with E-state index in [0.717, 1.165) is 0 Å². The van der Waals surface area contributed by atoms with E-state index in [1.165, 1.54) is 38.5 Å². The quantitative estimate of drug-likeness (QED) is 0.732. The lowest BCUT2D eigenvalue weighted by Gasteiger charge is -2.49. The third kappa shape index (κ3) is 2.13. The standard InChI is InChI=1S/C13H26O/c1-5-6-8-11-9-7-10-12(2,3)13(11,4)14/h11,14H,5-10H2,1-4H3. The Kier molecular flexibility index (Phi) is 3.63. The Hall–Kier alpha value is -0.0400. The Morgan fingerprint density at radius 1 is 1.29 bits per heavy atom. The van der Waals surface area contributed by atoms with Gasteiger partial charge in [0.05, 0.1) is 5.60 Å². The number of hydrogen-bond acceptors (Lipinski definition) is 1. The van der Waals surface area contributed by atoms with Crippen molar-refractivity contribution < 1.29 is 5.11 Å². The van der Waals surface area contributed by atoms with Crippen molar-refractivity contribution in [2.24, 2.45) is 11.3 Å². The minimum Gasteiger partial charge on any atom is -0.389 e. The molecule has 1 N–H and O–H groups in total.